The van der Waals surface area contributed by atoms with Crippen molar-refractivity contribution in [3.8, 4) is 0 Å². The maximum Gasteiger partial charge on any atom is 0.241 e. The Morgan fingerprint density at radius 3 is 1.89 bits per heavy atom. The normalized spacial score (nSPS) is 14.1. The molecule has 1 rings (SSSR count). The van der Waals surface area contributed by atoms with Crippen LogP contribution >= 0.6 is 0 Å². The van der Waals surface area contributed by atoms with E-state index in [9.17, 15) is 4.79 Å². The fourth-order valence-corrected chi connectivity index (χ4v) is 1.67. The summed E-state index contributed by atoms with van der Waals surface area (Å²) >= 11 is 0. The molecule has 0 bridgehead atoms. The number of nitrogens with two attached hydrogens (primary N) is 1. The first kappa shape index (κ1) is 15.7. The highest BCUT2D eigenvalue weighted by Gasteiger charge is 2.27. The molecule has 0 fully saturated rings. The molecule has 106 valence electrons. The first-order valence-electron chi connectivity index (χ1n) is 6.69. The van der Waals surface area contributed by atoms with Gasteiger partial charge in [0.2, 0.25) is 5.91 Å². The average Bonchev–Trinajstić information content (AvgIpc) is 2.26. The van der Waals surface area contributed by atoms with Gasteiger partial charge in [0.15, 0.2) is 0 Å². The van der Waals surface area contributed by atoms with Crippen LogP contribution in [0.4, 0.5) is 5.69 Å². The molecule has 1 unspecified atom stereocenters. The molecule has 19 heavy (non-hydrogen) atoms. The van der Waals surface area contributed by atoms with Crippen molar-refractivity contribution in [3.63, 3.8) is 0 Å². The van der Waals surface area contributed by atoms with Gasteiger partial charge in [-0.05, 0) is 28.5 Å². The molecule has 3 heteroatoms. The van der Waals surface area contributed by atoms with Crippen LogP contribution in [0.2, 0.25) is 0 Å². The topological polar surface area (TPSA) is 55.1 Å². The monoisotopic (exact) mass is 262 g/mol. The Hall–Kier alpha value is -1.35. The van der Waals surface area contributed by atoms with E-state index < -0.39 is 6.04 Å². The van der Waals surface area contributed by atoms with Gasteiger partial charge < -0.3 is 11.1 Å². The number of carbonyl (C=O) groups excluding carboxylic acids is 1. The zero-order valence-electron chi connectivity index (χ0n) is 12.9. The molecular formula is C16H26N2O. The van der Waals surface area contributed by atoms with Crippen molar-refractivity contribution < 1.29 is 4.79 Å². The van der Waals surface area contributed by atoms with Gasteiger partial charge in [-0.1, -0.05) is 53.7 Å². The lowest BCUT2D eigenvalue weighted by Crippen LogP contribution is -2.45. The summed E-state index contributed by atoms with van der Waals surface area (Å²) in [4.78, 5) is 12.0. The smallest absolute Gasteiger partial charge is 0.241 e. The molecule has 1 aromatic rings. The number of amides is 1. The number of anilines is 1. The van der Waals surface area contributed by atoms with Crippen molar-refractivity contribution in [2.45, 2.75) is 53.0 Å². The van der Waals surface area contributed by atoms with E-state index in [2.05, 4.69) is 26.1 Å². The molecule has 1 atom stereocenters. The first-order valence-corrected chi connectivity index (χ1v) is 6.69. The van der Waals surface area contributed by atoms with Crippen molar-refractivity contribution in [1.82, 2.24) is 0 Å². The number of rotatable bonds is 2. The number of benzene rings is 1. The van der Waals surface area contributed by atoms with Gasteiger partial charge in [0.05, 0.1) is 6.04 Å². The second-order valence-electron chi connectivity index (χ2n) is 7.16. The van der Waals surface area contributed by atoms with Gasteiger partial charge in [-0.2, -0.15) is 0 Å². The summed E-state index contributed by atoms with van der Waals surface area (Å²) in [6.07, 6.45) is 0. The lowest BCUT2D eigenvalue weighted by molar-refractivity contribution is -0.119. The Kier molecular flexibility index (Phi) is 4.41. The van der Waals surface area contributed by atoms with Gasteiger partial charge in [0, 0.05) is 5.69 Å². The number of hydrogen-bond donors (Lipinski definition) is 2. The van der Waals surface area contributed by atoms with Crippen molar-refractivity contribution in [2.75, 3.05) is 5.32 Å². The SMILES string of the molecule is CC(C)(C)c1ccc(NC(=O)C(N)C(C)(C)C)cc1. The molecule has 1 aromatic carbocycles. The summed E-state index contributed by atoms with van der Waals surface area (Å²) in [6, 6.07) is 7.41. The van der Waals surface area contributed by atoms with Crippen LogP contribution in [0.25, 0.3) is 0 Å². The third-order valence-electron chi connectivity index (χ3n) is 3.23. The highest BCUT2D eigenvalue weighted by molar-refractivity contribution is 5.95. The summed E-state index contributed by atoms with van der Waals surface area (Å²) in [5.74, 6) is -0.143. The number of nitrogens with one attached hydrogen (secondary N) is 1. The first-order chi connectivity index (χ1) is 8.51. The Morgan fingerprint density at radius 1 is 1.05 bits per heavy atom. The zero-order chi connectivity index (χ0) is 14.8. The molecule has 0 saturated heterocycles. The van der Waals surface area contributed by atoms with Crippen molar-refractivity contribution in [3.05, 3.63) is 29.8 Å². The van der Waals surface area contributed by atoms with E-state index in [0.717, 1.165) is 5.69 Å². The molecule has 0 aliphatic carbocycles. The fourth-order valence-electron chi connectivity index (χ4n) is 1.67. The molecule has 0 saturated carbocycles. The highest BCUT2D eigenvalue weighted by atomic mass is 16.2. The van der Waals surface area contributed by atoms with Crippen LogP contribution in [0.15, 0.2) is 24.3 Å². The van der Waals surface area contributed by atoms with Crippen LogP contribution in [-0.4, -0.2) is 11.9 Å². The van der Waals surface area contributed by atoms with E-state index in [0.29, 0.717) is 0 Å². The maximum absolute atomic E-state index is 12.0. The van der Waals surface area contributed by atoms with E-state index in [-0.39, 0.29) is 16.7 Å². The van der Waals surface area contributed by atoms with E-state index >= 15 is 0 Å². The van der Waals surface area contributed by atoms with Gasteiger partial charge in [-0.3, -0.25) is 4.79 Å². The van der Waals surface area contributed by atoms with Crippen molar-refractivity contribution >= 4 is 11.6 Å². The average molecular weight is 262 g/mol. The predicted octanol–water partition coefficient (Wildman–Crippen LogP) is 3.30. The minimum absolute atomic E-state index is 0.115. The standard InChI is InChI=1S/C16H26N2O/c1-15(2,3)11-7-9-12(10-8-11)18-14(19)13(17)16(4,5)6/h7-10,13H,17H2,1-6H3,(H,18,19). The Morgan fingerprint density at radius 2 is 1.53 bits per heavy atom. The molecular weight excluding hydrogens is 236 g/mol. The number of hydrogen-bond acceptors (Lipinski definition) is 2. The van der Waals surface area contributed by atoms with E-state index in [1.54, 1.807) is 0 Å². The van der Waals surface area contributed by atoms with Gasteiger partial charge >= 0.3 is 0 Å². The van der Waals surface area contributed by atoms with Crippen LogP contribution in [0, 0.1) is 5.41 Å². The summed E-state index contributed by atoms with van der Waals surface area (Å²) in [5.41, 5.74) is 7.83. The van der Waals surface area contributed by atoms with Gasteiger partial charge in [0.1, 0.15) is 0 Å². The van der Waals surface area contributed by atoms with Crippen LogP contribution in [0.3, 0.4) is 0 Å². The van der Waals surface area contributed by atoms with E-state index in [4.69, 9.17) is 5.73 Å². The van der Waals surface area contributed by atoms with E-state index in [1.807, 2.05) is 45.0 Å². The highest BCUT2D eigenvalue weighted by Crippen LogP contribution is 2.24. The van der Waals surface area contributed by atoms with Crippen LogP contribution in [0.1, 0.15) is 47.1 Å². The lowest BCUT2D eigenvalue weighted by Gasteiger charge is -2.26. The summed E-state index contributed by atoms with van der Waals surface area (Å²) < 4.78 is 0. The Labute approximate surface area is 116 Å². The van der Waals surface area contributed by atoms with Crippen LogP contribution in [0.5, 0.6) is 0 Å². The minimum Gasteiger partial charge on any atom is -0.325 e. The fraction of sp³-hybridized carbons (Fsp3) is 0.562. The van der Waals surface area contributed by atoms with Gasteiger partial charge in [-0.15, -0.1) is 0 Å². The van der Waals surface area contributed by atoms with Crippen LogP contribution in [-0.2, 0) is 10.2 Å². The summed E-state index contributed by atoms with van der Waals surface area (Å²) in [7, 11) is 0. The molecule has 3 nitrogen and oxygen atoms in total. The molecule has 0 radical (unpaired) electrons. The molecule has 1 amide bonds. The molecule has 0 aliphatic heterocycles. The van der Waals surface area contributed by atoms with Gasteiger partial charge in [0.25, 0.3) is 0 Å². The third-order valence-corrected chi connectivity index (χ3v) is 3.23. The van der Waals surface area contributed by atoms with E-state index in [1.165, 1.54) is 5.56 Å². The zero-order valence-corrected chi connectivity index (χ0v) is 12.9. The maximum atomic E-state index is 12.0. The lowest BCUT2D eigenvalue weighted by atomic mass is 9.86. The molecule has 0 spiro atoms. The summed E-state index contributed by atoms with van der Waals surface area (Å²) in [5, 5.41) is 2.86. The minimum atomic E-state index is -0.519. The second-order valence-corrected chi connectivity index (χ2v) is 7.16. The largest absolute Gasteiger partial charge is 0.325 e. The van der Waals surface area contributed by atoms with Crippen molar-refractivity contribution in [1.29, 1.82) is 0 Å². The quantitative estimate of drug-likeness (QED) is 0.859. The van der Waals surface area contributed by atoms with Gasteiger partial charge in [-0.25, -0.2) is 0 Å². The third kappa shape index (κ3) is 4.35. The molecule has 0 aromatic heterocycles. The molecule has 3 N–H and O–H groups in total. The predicted molar refractivity (Wildman–Crippen MR) is 81.2 cm³/mol. The molecule has 0 heterocycles. The van der Waals surface area contributed by atoms with Crippen molar-refractivity contribution in [2.24, 2.45) is 11.1 Å². The van der Waals surface area contributed by atoms with Crippen LogP contribution < -0.4 is 11.1 Å². The second kappa shape index (κ2) is 5.33. The molecule has 0 aliphatic rings. The Balaban J connectivity index is 2.77. The number of carbonyl (C=O) groups is 1. The Bertz CT molecular complexity index is 435. The summed E-state index contributed by atoms with van der Waals surface area (Å²) in [6.45, 7) is 12.4.